The van der Waals surface area contributed by atoms with Crippen molar-refractivity contribution in [3.05, 3.63) is 38.9 Å². The molecule has 1 aliphatic rings. The molecule has 0 aliphatic carbocycles. The van der Waals surface area contributed by atoms with Gasteiger partial charge in [0.1, 0.15) is 5.56 Å². The van der Waals surface area contributed by atoms with Crippen molar-refractivity contribution in [2.75, 3.05) is 19.6 Å². The predicted molar refractivity (Wildman–Crippen MR) is 80.7 cm³/mol. The Balaban J connectivity index is 2.09. The van der Waals surface area contributed by atoms with E-state index in [0.717, 1.165) is 25.9 Å². The van der Waals surface area contributed by atoms with Crippen molar-refractivity contribution < 1.29 is 9.72 Å². The summed E-state index contributed by atoms with van der Waals surface area (Å²) in [6, 6.07) is 3.99. The molecule has 1 fully saturated rings. The Morgan fingerprint density at radius 2 is 2.14 bits per heavy atom. The second-order valence-electron chi connectivity index (χ2n) is 5.66. The maximum absolute atomic E-state index is 12.2. The van der Waals surface area contributed by atoms with Crippen LogP contribution < -0.4 is 10.6 Å². The van der Waals surface area contributed by atoms with Crippen molar-refractivity contribution in [2.45, 2.75) is 19.8 Å². The van der Waals surface area contributed by atoms with Gasteiger partial charge in [-0.25, -0.2) is 0 Å². The summed E-state index contributed by atoms with van der Waals surface area (Å²) in [5.41, 5.74) is -0.203. The Morgan fingerprint density at radius 1 is 1.48 bits per heavy atom. The molecule has 21 heavy (non-hydrogen) atoms. The van der Waals surface area contributed by atoms with Gasteiger partial charge in [-0.2, -0.15) is 0 Å². The van der Waals surface area contributed by atoms with Gasteiger partial charge in [-0.05, 0) is 43.5 Å². The van der Waals surface area contributed by atoms with Crippen LogP contribution in [-0.2, 0) is 0 Å². The number of halogens is 1. The van der Waals surface area contributed by atoms with Gasteiger partial charge in [0.05, 0.1) is 4.92 Å². The summed E-state index contributed by atoms with van der Waals surface area (Å²) in [7, 11) is 0. The van der Waals surface area contributed by atoms with Crippen molar-refractivity contribution >= 4 is 23.2 Å². The van der Waals surface area contributed by atoms with E-state index >= 15 is 0 Å². The van der Waals surface area contributed by atoms with Gasteiger partial charge in [0.2, 0.25) is 0 Å². The molecule has 2 rings (SSSR count). The lowest BCUT2D eigenvalue weighted by atomic mass is 9.81. The number of nitrogens with zero attached hydrogens (tertiary/aromatic N) is 1. The molecular formula is C14H18ClN3O3. The molecular weight excluding hydrogens is 294 g/mol. The minimum Gasteiger partial charge on any atom is -0.351 e. The van der Waals surface area contributed by atoms with Gasteiger partial charge in [0.15, 0.2) is 0 Å². The van der Waals surface area contributed by atoms with Crippen LogP contribution in [0.3, 0.4) is 0 Å². The fraction of sp³-hybridized carbons (Fsp3) is 0.500. The Bertz CT molecular complexity index is 556. The van der Waals surface area contributed by atoms with Gasteiger partial charge in [-0.15, -0.1) is 0 Å². The topological polar surface area (TPSA) is 84.3 Å². The van der Waals surface area contributed by atoms with E-state index in [1.807, 2.05) is 0 Å². The lowest BCUT2D eigenvalue weighted by molar-refractivity contribution is -0.385. The maximum atomic E-state index is 12.2. The summed E-state index contributed by atoms with van der Waals surface area (Å²) in [5, 5.41) is 17.4. The van der Waals surface area contributed by atoms with Gasteiger partial charge in [-0.3, -0.25) is 14.9 Å². The van der Waals surface area contributed by atoms with E-state index in [0.29, 0.717) is 11.6 Å². The molecule has 1 aromatic carbocycles. The fourth-order valence-corrected chi connectivity index (χ4v) is 2.62. The third-order valence-electron chi connectivity index (χ3n) is 3.89. The van der Waals surface area contributed by atoms with E-state index in [-0.39, 0.29) is 16.7 Å². The number of hydrogen-bond acceptors (Lipinski definition) is 4. The van der Waals surface area contributed by atoms with Gasteiger partial charge < -0.3 is 10.6 Å². The zero-order valence-corrected chi connectivity index (χ0v) is 12.6. The number of piperidine rings is 1. The summed E-state index contributed by atoms with van der Waals surface area (Å²) in [6.07, 6.45) is 1.93. The first kappa shape index (κ1) is 15.7. The van der Waals surface area contributed by atoms with Crippen molar-refractivity contribution in [3.8, 4) is 0 Å². The molecule has 0 bridgehead atoms. The molecule has 0 atom stereocenters. The number of benzene rings is 1. The molecule has 1 aliphatic heterocycles. The molecule has 0 spiro atoms. The lowest BCUT2D eigenvalue weighted by Crippen LogP contribution is -2.43. The van der Waals surface area contributed by atoms with E-state index in [1.165, 1.54) is 18.2 Å². The van der Waals surface area contributed by atoms with Crippen LogP contribution in [0, 0.1) is 15.5 Å². The number of nitrogens with one attached hydrogen (secondary N) is 2. The minimum absolute atomic E-state index is 0.00466. The molecule has 0 saturated carbocycles. The first-order valence-corrected chi connectivity index (χ1v) is 7.22. The van der Waals surface area contributed by atoms with E-state index < -0.39 is 10.8 Å². The van der Waals surface area contributed by atoms with Crippen LogP contribution in [0.4, 0.5) is 5.69 Å². The average molecular weight is 312 g/mol. The van der Waals surface area contributed by atoms with Crippen LogP contribution in [0.5, 0.6) is 0 Å². The normalized spacial score (nSPS) is 17.2. The van der Waals surface area contributed by atoms with Gasteiger partial charge in [0, 0.05) is 17.6 Å². The predicted octanol–water partition coefficient (Wildman–Crippen LogP) is 2.37. The van der Waals surface area contributed by atoms with Crippen molar-refractivity contribution in [1.82, 2.24) is 10.6 Å². The molecule has 2 N–H and O–H groups in total. The average Bonchev–Trinajstić information content (AvgIpc) is 2.45. The zero-order chi connectivity index (χ0) is 15.5. The van der Waals surface area contributed by atoms with Gasteiger partial charge in [-0.1, -0.05) is 18.5 Å². The van der Waals surface area contributed by atoms with Crippen LogP contribution in [-0.4, -0.2) is 30.5 Å². The number of nitro benzene ring substituents is 1. The standard InChI is InChI=1S/C14H18ClN3O3/c1-14(4-6-16-7-5-14)9-17-13(19)11-8-10(15)2-3-12(11)18(20)21/h2-3,8,16H,4-7,9H2,1H3,(H,17,19). The number of nitro groups is 1. The van der Waals surface area contributed by atoms with Crippen LogP contribution >= 0.6 is 11.6 Å². The molecule has 7 heteroatoms. The Labute approximate surface area is 128 Å². The minimum atomic E-state index is -0.572. The first-order chi connectivity index (χ1) is 9.91. The largest absolute Gasteiger partial charge is 0.351 e. The monoisotopic (exact) mass is 311 g/mol. The highest BCUT2D eigenvalue weighted by molar-refractivity contribution is 6.31. The Kier molecular flexibility index (Phi) is 4.80. The number of carbonyl (C=O) groups excluding carboxylic acids is 1. The summed E-state index contributed by atoms with van der Waals surface area (Å²) in [4.78, 5) is 22.6. The number of amides is 1. The molecule has 1 amide bonds. The second-order valence-corrected chi connectivity index (χ2v) is 6.10. The maximum Gasteiger partial charge on any atom is 0.282 e. The zero-order valence-electron chi connectivity index (χ0n) is 11.8. The first-order valence-electron chi connectivity index (χ1n) is 6.84. The van der Waals surface area contributed by atoms with Crippen LogP contribution in [0.15, 0.2) is 18.2 Å². The number of hydrogen-bond donors (Lipinski definition) is 2. The highest BCUT2D eigenvalue weighted by Crippen LogP contribution is 2.27. The quantitative estimate of drug-likeness (QED) is 0.660. The second kappa shape index (κ2) is 6.41. The molecule has 6 nitrogen and oxygen atoms in total. The van der Waals surface area contributed by atoms with Gasteiger partial charge in [0.25, 0.3) is 11.6 Å². The van der Waals surface area contributed by atoms with Crippen LogP contribution in [0.1, 0.15) is 30.1 Å². The fourth-order valence-electron chi connectivity index (χ4n) is 2.45. The van der Waals surface area contributed by atoms with Crippen LogP contribution in [0.25, 0.3) is 0 Å². The van der Waals surface area contributed by atoms with E-state index in [1.54, 1.807) is 0 Å². The molecule has 1 heterocycles. The lowest BCUT2D eigenvalue weighted by Gasteiger charge is -2.34. The van der Waals surface area contributed by atoms with Crippen molar-refractivity contribution in [2.24, 2.45) is 5.41 Å². The molecule has 1 saturated heterocycles. The van der Waals surface area contributed by atoms with Crippen molar-refractivity contribution in [3.63, 3.8) is 0 Å². The van der Waals surface area contributed by atoms with Gasteiger partial charge >= 0.3 is 0 Å². The molecule has 0 radical (unpaired) electrons. The SMILES string of the molecule is CC1(CNC(=O)c2cc(Cl)ccc2[N+](=O)[O-])CCNCC1. The molecule has 1 aromatic rings. The summed E-state index contributed by atoms with van der Waals surface area (Å²) >= 11 is 5.83. The summed E-state index contributed by atoms with van der Waals surface area (Å²) in [6.45, 7) is 4.45. The smallest absolute Gasteiger partial charge is 0.282 e. The van der Waals surface area contributed by atoms with Crippen LogP contribution in [0.2, 0.25) is 5.02 Å². The van der Waals surface area contributed by atoms with E-state index in [4.69, 9.17) is 11.6 Å². The number of rotatable bonds is 4. The van der Waals surface area contributed by atoms with E-state index in [2.05, 4.69) is 17.6 Å². The Morgan fingerprint density at radius 3 is 2.76 bits per heavy atom. The Hall–Kier alpha value is -1.66. The molecule has 114 valence electrons. The third-order valence-corrected chi connectivity index (χ3v) is 4.12. The third kappa shape index (κ3) is 3.92. The highest BCUT2D eigenvalue weighted by Gasteiger charge is 2.28. The molecule has 0 aromatic heterocycles. The highest BCUT2D eigenvalue weighted by atomic mass is 35.5. The molecule has 0 unspecified atom stereocenters. The summed E-state index contributed by atoms with van der Waals surface area (Å²) < 4.78 is 0. The van der Waals surface area contributed by atoms with E-state index in [9.17, 15) is 14.9 Å². The summed E-state index contributed by atoms with van der Waals surface area (Å²) in [5.74, 6) is -0.455. The van der Waals surface area contributed by atoms with Crippen molar-refractivity contribution in [1.29, 1.82) is 0 Å². The number of carbonyl (C=O) groups is 1.